The fourth-order valence-electron chi connectivity index (χ4n) is 10.9. The van der Waals surface area contributed by atoms with Gasteiger partial charge in [0.15, 0.2) is 0 Å². The first kappa shape index (κ1) is 36.2. The van der Waals surface area contributed by atoms with Gasteiger partial charge in [-0.05, 0) is 111 Å². The van der Waals surface area contributed by atoms with Crippen molar-refractivity contribution in [3.05, 3.63) is 0 Å². The zero-order valence-electron chi connectivity index (χ0n) is 29.0. The molecule has 0 saturated heterocycles. The predicted octanol–water partition coefficient (Wildman–Crippen LogP) is 8.07. The van der Waals surface area contributed by atoms with Gasteiger partial charge >= 0.3 is 11.9 Å². The molecular weight excluding hydrogens is 566 g/mol. The number of rotatable bonds is 17. The van der Waals surface area contributed by atoms with Crippen molar-refractivity contribution < 1.29 is 29.3 Å². The van der Waals surface area contributed by atoms with Crippen LogP contribution in [0.15, 0.2) is 0 Å². The molecule has 0 bridgehead atoms. The third-order valence-corrected chi connectivity index (χ3v) is 13.5. The van der Waals surface area contributed by atoms with E-state index in [-0.39, 0.29) is 41.5 Å². The third-order valence-electron chi connectivity index (χ3n) is 13.5. The standard InChI is InChI=1S/C38H65NO6/c1-5-6-7-8-9-10-11-12-13-14-36(44)45-28-21-22-37(3)27(23-28)16-17-29-31-19-18-30(38(31,4)33(40)24-32(29)37)26(2)15-20-34(41)39-25-35(42)43/h26-33,40H,5-25H2,1-4H3,(H,39,41)(H,42,43). The molecule has 0 aliphatic heterocycles. The number of ether oxygens (including phenoxy) is 1. The number of carbonyl (C=O) groups is 3. The number of esters is 1. The van der Waals surface area contributed by atoms with E-state index in [9.17, 15) is 19.5 Å². The van der Waals surface area contributed by atoms with Gasteiger partial charge in [-0.3, -0.25) is 14.4 Å². The number of carboxylic acid groups (broad SMARTS) is 1. The summed E-state index contributed by atoms with van der Waals surface area (Å²) >= 11 is 0. The number of hydrogen-bond donors (Lipinski definition) is 3. The smallest absolute Gasteiger partial charge is 0.322 e. The average Bonchev–Trinajstić information content (AvgIpc) is 3.37. The molecule has 10 atom stereocenters. The van der Waals surface area contributed by atoms with Gasteiger partial charge in [-0.2, -0.15) is 0 Å². The number of aliphatic hydroxyl groups is 1. The Balaban J connectivity index is 1.24. The molecule has 4 saturated carbocycles. The summed E-state index contributed by atoms with van der Waals surface area (Å²) in [6.45, 7) is 8.95. The molecule has 0 radical (unpaired) electrons. The second-order valence-corrected chi connectivity index (χ2v) is 16.1. The van der Waals surface area contributed by atoms with Gasteiger partial charge in [-0.25, -0.2) is 0 Å². The topological polar surface area (TPSA) is 113 Å². The molecule has 4 aliphatic carbocycles. The molecular formula is C38H65NO6. The molecule has 4 fully saturated rings. The summed E-state index contributed by atoms with van der Waals surface area (Å²) in [6.07, 6.45) is 21.0. The van der Waals surface area contributed by atoms with Crippen molar-refractivity contribution in [2.75, 3.05) is 6.54 Å². The molecule has 258 valence electrons. The molecule has 4 aliphatic rings. The highest BCUT2D eigenvalue weighted by molar-refractivity contribution is 5.81. The summed E-state index contributed by atoms with van der Waals surface area (Å²) in [5.41, 5.74) is 0.0559. The number of unbranched alkanes of at least 4 members (excludes halogenated alkanes) is 8. The fraction of sp³-hybridized carbons (Fsp3) is 0.921. The molecule has 1 amide bonds. The first-order valence-electron chi connectivity index (χ1n) is 18.9. The van der Waals surface area contributed by atoms with E-state index in [1.807, 2.05) is 0 Å². The summed E-state index contributed by atoms with van der Waals surface area (Å²) in [5, 5.41) is 23.2. The first-order chi connectivity index (χ1) is 21.5. The summed E-state index contributed by atoms with van der Waals surface area (Å²) in [5.74, 6) is 1.63. The van der Waals surface area contributed by atoms with Crippen LogP contribution >= 0.6 is 0 Å². The summed E-state index contributed by atoms with van der Waals surface area (Å²) in [6, 6.07) is 0. The molecule has 10 unspecified atom stereocenters. The Labute approximate surface area is 273 Å². The van der Waals surface area contributed by atoms with Gasteiger partial charge in [0.05, 0.1) is 6.10 Å². The lowest BCUT2D eigenvalue weighted by atomic mass is 9.43. The van der Waals surface area contributed by atoms with E-state index in [1.165, 1.54) is 57.8 Å². The van der Waals surface area contributed by atoms with Crippen LogP contribution in [0.2, 0.25) is 0 Å². The van der Waals surface area contributed by atoms with Crippen LogP contribution < -0.4 is 5.32 Å². The number of amides is 1. The van der Waals surface area contributed by atoms with Crippen LogP contribution in [0.3, 0.4) is 0 Å². The summed E-state index contributed by atoms with van der Waals surface area (Å²) in [4.78, 5) is 35.7. The van der Waals surface area contributed by atoms with Crippen molar-refractivity contribution in [1.82, 2.24) is 5.32 Å². The van der Waals surface area contributed by atoms with Crippen LogP contribution in [0, 0.1) is 46.3 Å². The SMILES string of the molecule is CCCCCCCCCCCC(=O)OC1CCC2(C)C(CCC3C2CC(O)C2(C)C(C(C)CCC(=O)NCC(=O)O)CCC32)C1. The van der Waals surface area contributed by atoms with E-state index in [0.717, 1.165) is 57.8 Å². The van der Waals surface area contributed by atoms with Gasteiger partial charge < -0.3 is 20.3 Å². The van der Waals surface area contributed by atoms with Crippen molar-refractivity contribution in [3.63, 3.8) is 0 Å². The Kier molecular flexibility index (Phi) is 13.2. The molecule has 0 spiro atoms. The number of aliphatic hydroxyl groups excluding tert-OH is 1. The predicted molar refractivity (Wildman–Crippen MR) is 177 cm³/mol. The van der Waals surface area contributed by atoms with Gasteiger partial charge in [0.25, 0.3) is 0 Å². The second kappa shape index (κ2) is 16.5. The Hall–Kier alpha value is -1.63. The Morgan fingerprint density at radius 3 is 2.24 bits per heavy atom. The molecule has 45 heavy (non-hydrogen) atoms. The largest absolute Gasteiger partial charge is 0.480 e. The van der Waals surface area contributed by atoms with Crippen molar-refractivity contribution in [2.45, 2.75) is 168 Å². The molecule has 0 heterocycles. The van der Waals surface area contributed by atoms with Crippen LogP contribution in [0.1, 0.15) is 156 Å². The highest BCUT2D eigenvalue weighted by atomic mass is 16.5. The monoisotopic (exact) mass is 631 g/mol. The number of carbonyl (C=O) groups excluding carboxylic acids is 2. The Morgan fingerprint density at radius 1 is 0.867 bits per heavy atom. The lowest BCUT2D eigenvalue weighted by Gasteiger charge is -2.62. The molecule has 7 heteroatoms. The molecule has 0 aromatic heterocycles. The average molecular weight is 632 g/mol. The van der Waals surface area contributed by atoms with Crippen LogP contribution in [0.25, 0.3) is 0 Å². The fourth-order valence-corrected chi connectivity index (χ4v) is 10.9. The first-order valence-corrected chi connectivity index (χ1v) is 18.9. The maximum Gasteiger partial charge on any atom is 0.322 e. The number of nitrogens with one attached hydrogen (secondary N) is 1. The van der Waals surface area contributed by atoms with Crippen LogP contribution in [-0.2, 0) is 19.1 Å². The zero-order valence-corrected chi connectivity index (χ0v) is 29.0. The minimum atomic E-state index is -1.02. The van der Waals surface area contributed by atoms with Crippen molar-refractivity contribution in [3.8, 4) is 0 Å². The normalized spacial score (nSPS) is 36.3. The number of fused-ring (bicyclic) bond motifs is 5. The van der Waals surface area contributed by atoms with Crippen molar-refractivity contribution >= 4 is 17.8 Å². The van der Waals surface area contributed by atoms with E-state index in [0.29, 0.717) is 48.3 Å². The van der Waals surface area contributed by atoms with Crippen LogP contribution in [-0.4, -0.2) is 46.8 Å². The van der Waals surface area contributed by atoms with E-state index in [4.69, 9.17) is 9.84 Å². The summed E-state index contributed by atoms with van der Waals surface area (Å²) in [7, 11) is 0. The highest BCUT2D eigenvalue weighted by Crippen LogP contribution is 2.68. The van der Waals surface area contributed by atoms with Gasteiger partial charge in [0.1, 0.15) is 12.6 Å². The molecule has 3 N–H and O–H groups in total. The number of hydrogen-bond acceptors (Lipinski definition) is 5. The number of aliphatic carboxylic acids is 1. The lowest BCUT2D eigenvalue weighted by molar-refractivity contribution is -0.181. The molecule has 7 nitrogen and oxygen atoms in total. The van der Waals surface area contributed by atoms with E-state index in [2.05, 4.69) is 33.0 Å². The van der Waals surface area contributed by atoms with Crippen molar-refractivity contribution in [2.24, 2.45) is 46.3 Å². The quantitative estimate of drug-likeness (QED) is 0.111. The van der Waals surface area contributed by atoms with E-state index in [1.54, 1.807) is 0 Å². The van der Waals surface area contributed by atoms with Gasteiger partial charge in [-0.15, -0.1) is 0 Å². The minimum absolute atomic E-state index is 0.00502. The van der Waals surface area contributed by atoms with Gasteiger partial charge in [0.2, 0.25) is 5.91 Å². The van der Waals surface area contributed by atoms with E-state index >= 15 is 0 Å². The lowest BCUT2D eigenvalue weighted by Crippen LogP contribution is -2.59. The number of carboxylic acids is 1. The zero-order chi connectivity index (χ0) is 32.6. The Morgan fingerprint density at radius 2 is 1.56 bits per heavy atom. The maximum absolute atomic E-state index is 12.7. The maximum atomic E-state index is 12.7. The highest BCUT2D eigenvalue weighted by Gasteiger charge is 2.63. The van der Waals surface area contributed by atoms with Gasteiger partial charge in [-0.1, -0.05) is 79.1 Å². The minimum Gasteiger partial charge on any atom is -0.480 e. The molecule has 0 aromatic carbocycles. The third kappa shape index (κ3) is 8.65. The summed E-state index contributed by atoms with van der Waals surface area (Å²) < 4.78 is 6.06. The van der Waals surface area contributed by atoms with E-state index < -0.39 is 5.97 Å². The van der Waals surface area contributed by atoms with Gasteiger partial charge in [0, 0.05) is 12.8 Å². The second-order valence-electron chi connectivity index (χ2n) is 16.1. The van der Waals surface area contributed by atoms with Crippen molar-refractivity contribution in [1.29, 1.82) is 0 Å². The van der Waals surface area contributed by atoms with Crippen LogP contribution in [0.4, 0.5) is 0 Å². The van der Waals surface area contributed by atoms with Crippen LogP contribution in [0.5, 0.6) is 0 Å². The molecule has 0 aromatic rings. The molecule has 4 rings (SSSR count). The Bertz CT molecular complexity index is 985.